The maximum Gasteiger partial charge on any atom is 0.375 e. The number of nitrogens with zero attached hydrogens (tertiary/aromatic N) is 3. The first-order valence-electron chi connectivity index (χ1n) is 11.6. The summed E-state index contributed by atoms with van der Waals surface area (Å²) in [5.41, 5.74) is 0.146. The summed E-state index contributed by atoms with van der Waals surface area (Å²) in [7, 11) is -3.76. The number of benzene rings is 1. The van der Waals surface area contributed by atoms with E-state index in [0.717, 1.165) is 12.8 Å². The monoisotopic (exact) mass is 476 g/mol. The Kier molecular flexibility index (Phi) is 7.05. The Labute approximate surface area is 196 Å². The van der Waals surface area contributed by atoms with Crippen molar-refractivity contribution >= 4 is 16.0 Å². The van der Waals surface area contributed by atoms with Crippen LogP contribution in [0.1, 0.15) is 95.7 Å². The van der Waals surface area contributed by atoms with Crippen molar-refractivity contribution in [2.45, 2.75) is 95.9 Å². The van der Waals surface area contributed by atoms with E-state index in [4.69, 9.17) is 0 Å². The van der Waals surface area contributed by atoms with Crippen LogP contribution in [0.5, 0.6) is 0 Å². The van der Waals surface area contributed by atoms with Gasteiger partial charge < -0.3 is 5.11 Å². The molecule has 1 aliphatic rings. The van der Waals surface area contributed by atoms with Gasteiger partial charge in [-0.1, -0.05) is 52.9 Å². The lowest BCUT2D eigenvalue weighted by Crippen LogP contribution is -2.41. The molecule has 1 heterocycles. The number of aromatic carboxylic acids is 1. The molecule has 1 aromatic heterocycles. The maximum absolute atomic E-state index is 13.2. The van der Waals surface area contributed by atoms with Gasteiger partial charge in [-0.15, -0.1) is 5.10 Å². The van der Waals surface area contributed by atoms with Crippen molar-refractivity contribution in [1.82, 2.24) is 19.5 Å². The third kappa shape index (κ3) is 6.20. The molecule has 1 fully saturated rings. The Morgan fingerprint density at radius 2 is 1.76 bits per heavy atom. The summed E-state index contributed by atoms with van der Waals surface area (Å²) in [4.78, 5) is 16.1. The highest BCUT2D eigenvalue weighted by Gasteiger charge is 2.30. The summed E-state index contributed by atoms with van der Waals surface area (Å²) in [6.45, 7) is 11.3. The SMILES string of the molecule is CC(C)(C)NS(=O)(=O)c1ccc(-n2nc(C(=O)O)nc2CC2CCCCC2)cc1C(C)(C)C. The predicted molar refractivity (Wildman–Crippen MR) is 127 cm³/mol. The van der Waals surface area contributed by atoms with Crippen molar-refractivity contribution in [3.8, 4) is 5.69 Å². The largest absolute Gasteiger partial charge is 0.475 e. The minimum atomic E-state index is -3.76. The minimum Gasteiger partial charge on any atom is -0.475 e. The van der Waals surface area contributed by atoms with E-state index in [1.807, 2.05) is 20.8 Å². The van der Waals surface area contributed by atoms with Gasteiger partial charge in [-0.3, -0.25) is 0 Å². The number of rotatable bonds is 6. The van der Waals surface area contributed by atoms with E-state index in [9.17, 15) is 18.3 Å². The van der Waals surface area contributed by atoms with Crippen molar-refractivity contribution < 1.29 is 18.3 Å². The molecule has 0 amide bonds. The lowest BCUT2D eigenvalue weighted by atomic mass is 9.86. The van der Waals surface area contributed by atoms with Crippen LogP contribution in [0, 0.1) is 5.92 Å². The van der Waals surface area contributed by atoms with Gasteiger partial charge in [-0.25, -0.2) is 27.6 Å². The van der Waals surface area contributed by atoms with Crippen molar-refractivity contribution in [1.29, 1.82) is 0 Å². The van der Waals surface area contributed by atoms with E-state index < -0.39 is 26.9 Å². The Morgan fingerprint density at radius 1 is 1.12 bits per heavy atom. The van der Waals surface area contributed by atoms with Crippen LogP contribution >= 0.6 is 0 Å². The van der Waals surface area contributed by atoms with Crippen LogP contribution in [0.15, 0.2) is 23.1 Å². The number of nitrogens with one attached hydrogen (secondary N) is 1. The van der Waals surface area contributed by atoms with Gasteiger partial charge in [-0.05, 0) is 55.9 Å². The fourth-order valence-electron chi connectivity index (χ4n) is 4.35. The molecule has 1 aromatic carbocycles. The van der Waals surface area contributed by atoms with Crippen LogP contribution < -0.4 is 4.72 Å². The molecule has 0 saturated heterocycles. The molecule has 2 aromatic rings. The van der Waals surface area contributed by atoms with Gasteiger partial charge in [0.25, 0.3) is 5.82 Å². The van der Waals surface area contributed by atoms with Crippen LogP contribution in [-0.4, -0.2) is 39.8 Å². The third-order valence-corrected chi connectivity index (χ3v) is 7.62. The molecular weight excluding hydrogens is 440 g/mol. The normalized spacial score (nSPS) is 16.2. The van der Waals surface area contributed by atoms with E-state index in [1.54, 1.807) is 43.7 Å². The highest BCUT2D eigenvalue weighted by Crippen LogP contribution is 2.32. The molecule has 0 unspecified atom stereocenters. The number of hydrogen-bond donors (Lipinski definition) is 2. The van der Waals surface area contributed by atoms with Gasteiger partial charge in [0.15, 0.2) is 0 Å². The number of sulfonamides is 1. The number of hydrogen-bond acceptors (Lipinski definition) is 5. The van der Waals surface area contributed by atoms with Crippen LogP contribution in [0.2, 0.25) is 0 Å². The molecule has 8 nitrogen and oxygen atoms in total. The fourth-order valence-corrected chi connectivity index (χ4v) is 6.17. The van der Waals surface area contributed by atoms with E-state index in [0.29, 0.717) is 29.4 Å². The number of carbonyl (C=O) groups is 1. The Morgan fingerprint density at radius 3 is 2.30 bits per heavy atom. The third-order valence-electron chi connectivity index (χ3n) is 5.81. The van der Waals surface area contributed by atoms with Crippen LogP contribution in [-0.2, 0) is 21.9 Å². The average Bonchev–Trinajstić information content (AvgIpc) is 3.10. The molecule has 3 rings (SSSR count). The summed E-state index contributed by atoms with van der Waals surface area (Å²) < 4.78 is 30.6. The molecule has 0 spiro atoms. The number of carboxylic acid groups (broad SMARTS) is 1. The number of aromatic nitrogens is 3. The Hall–Kier alpha value is -2.26. The Bertz CT molecular complexity index is 1120. The van der Waals surface area contributed by atoms with Crippen LogP contribution in [0.4, 0.5) is 0 Å². The first-order valence-corrected chi connectivity index (χ1v) is 13.0. The quantitative estimate of drug-likeness (QED) is 0.636. The molecular formula is C24H36N4O4S. The zero-order valence-electron chi connectivity index (χ0n) is 20.5. The number of carboxylic acids is 1. The summed E-state index contributed by atoms with van der Waals surface area (Å²) in [6, 6.07) is 5.05. The molecule has 2 N–H and O–H groups in total. The maximum atomic E-state index is 13.2. The summed E-state index contributed by atoms with van der Waals surface area (Å²) >= 11 is 0. The molecule has 33 heavy (non-hydrogen) atoms. The first kappa shape index (κ1) is 25.4. The zero-order chi connectivity index (χ0) is 24.6. The average molecular weight is 477 g/mol. The molecule has 1 aliphatic carbocycles. The molecule has 182 valence electrons. The summed E-state index contributed by atoms with van der Waals surface area (Å²) in [6.07, 6.45) is 6.42. The summed E-state index contributed by atoms with van der Waals surface area (Å²) in [5, 5.41) is 13.8. The van der Waals surface area contributed by atoms with Gasteiger partial charge >= 0.3 is 5.97 Å². The van der Waals surface area contributed by atoms with Crippen molar-refractivity contribution in [2.75, 3.05) is 0 Å². The standard InChI is InChI=1S/C24H36N4O4S/c1-23(2,3)18-15-17(12-13-19(18)33(31,32)27-24(4,5)6)28-20(25-21(26-28)22(29)30)14-16-10-8-7-9-11-16/h12-13,15-16,27H,7-11,14H2,1-6H3,(H,29,30). The second-order valence-electron chi connectivity index (χ2n) is 11.1. The topological polar surface area (TPSA) is 114 Å². The predicted octanol–water partition coefficient (Wildman–Crippen LogP) is 4.46. The highest BCUT2D eigenvalue weighted by molar-refractivity contribution is 7.89. The van der Waals surface area contributed by atoms with Crippen LogP contribution in [0.3, 0.4) is 0 Å². The lowest BCUT2D eigenvalue weighted by molar-refractivity contribution is 0.0683. The van der Waals surface area contributed by atoms with Crippen LogP contribution in [0.25, 0.3) is 5.69 Å². The second-order valence-corrected chi connectivity index (χ2v) is 12.7. The molecule has 0 bridgehead atoms. The van der Waals surface area contributed by atoms with E-state index in [2.05, 4.69) is 14.8 Å². The van der Waals surface area contributed by atoms with Crippen molar-refractivity contribution in [3.05, 3.63) is 35.4 Å². The first-order chi connectivity index (χ1) is 15.2. The fraction of sp³-hybridized carbons (Fsp3) is 0.625. The lowest BCUT2D eigenvalue weighted by Gasteiger charge is -2.27. The smallest absolute Gasteiger partial charge is 0.375 e. The van der Waals surface area contributed by atoms with Crippen molar-refractivity contribution in [3.63, 3.8) is 0 Å². The molecule has 1 saturated carbocycles. The zero-order valence-corrected chi connectivity index (χ0v) is 21.3. The van der Waals surface area contributed by atoms with Crippen molar-refractivity contribution in [2.24, 2.45) is 5.92 Å². The van der Waals surface area contributed by atoms with E-state index in [1.165, 1.54) is 19.3 Å². The van der Waals surface area contributed by atoms with Gasteiger partial charge in [0.05, 0.1) is 10.6 Å². The molecule has 9 heteroatoms. The van der Waals surface area contributed by atoms with E-state index >= 15 is 0 Å². The van der Waals surface area contributed by atoms with Gasteiger partial charge in [0, 0.05) is 12.0 Å². The van der Waals surface area contributed by atoms with Gasteiger partial charge in [0.2, 0.25) is 10.0 Å². The Balaban J connectivity index is 2.10. The van der Waals surface area contributed by atoms with Gasteiger partial charge in [-0.2, -0.15) is 0 Å². The van der Waals surface area contributed by atoms with E-state index in [-0.39, 0.29) is 10.7 Å². The molecule has 0 atom stereocenters. The summed E-state index contributed by atoms with van der Waals surface area (Å²) in [5.74, 6) is -0.379. The molecule has 0 radical (unpaired) electrons. The van der Waals surface area contributed by atoms with Gasteiger partial charge in [0.1, 0.15) is 5.82 Å². The second kappa shape index (κ2) is 9.18. The highest BCUT2D eigenvalue weighted by atomic mass is 32.2. The molecule has 0 aliphatic heterocycles. The minimum absolute atomic E-state index is 0.209.